The Bertz CT molecular complexity index is 169. The third-order valence-electron chi connectivity index (χ3n) is 2.26. The molecule has 2 rings (SSSR count). The Hall–Kier alpha value is -0.120. The van der Waals surface area contributed by atoms with Gasteiger partial charge in [-0.05, 0) is 0 Å². The van der Waals surface area contributed by atoms with E-state index in [1.165, 1.54) is 0 Å². The lowest BCUT2D eigenvalue weighted by Gasteiger charge is -2.35. The van der Waals surface area contributed by atoms with Crippen molar-refractivity contribution in [1.82, 2.24) is 0 Å². The summed E-state index contributed by atoms with van der Waals surface area (Å²) >= 11 is 0. The van der Waals surface area contributed by atoms with E-state index < -0.39 is 0 Å². The summed E-state index contributed by atoms with van der Waals surface area (Å²) in [5, 5.41) is 0. The van der Waals surface area contributed by atoms with Crippen LogP contribution in [0.2, 0.25) is 0 Å². The summed E-state index contributed by atoms with van der Waals surface area (Å²) in [5.74, 6) is 0. The second-order valence-electron chi connectivity index (χ2n) is 4.79. The molecule has 2 heterocycles. The van der Waals surface area contributed by atoms with Crippen LogP contribution in [-0.2, 0) is 14.2 Å². The van der Waals surface area contributed by atoms with E-state index in [4.69, 9.17) is 14.2 Å². The first-order valence-corrected chi connectivity index (χ1v) is 4.39. The fourth-order valence-corrected chi connectivity index (χ4v) is 1.31. The molecule has 0 bridgehead atoms. The number of hydrogen-bond donors (Lipinski definition) is 0. The minimum absolute atomic E-state index is 0.0660. The number of epoxide rings is 1. The summed E-state index contributed by atoms with van der Waals surface area (Å²) in [7, 11) is 0. The zero-order valence-corrected chi connectivity index (χ0v) is 7.92. The topological polar surface area (TPSA) is 31.0 Å². The lowest BCUT2D eigenvalue weighted by atomic mass is 9.95. The SMILES string of the molecule is CC(C)(C)C1OCC2(CO1)CO2. The van der Waals surface area contributed by atoms with Crippen LogP contribution in [-0.4, -0.2) is 31.7 Å². The van der Waals surface area contributed by atoms with Gasteiger partial charge < -0.3 is 14.2 Å². The van der Waals surface area contributed by atoms with Crippen LogP contribution in [0.4, 0.5) is 0 Å². The van der Waals surface area contributed by atoms with E-state index in [0.29, 0.717) is 13.2 Å². The summed E-state index contributed by atoms with van der Waals surface area (Å²) in [6.07, 6.45) is -0.0766. The Morgan fingerprint density at radius 2 is 1.58 bits per heavy atom. The smallest absolute Gasteiger partial charge is 0.162 e. The maximum Gasteiger partial charge on any atom is 0.162 e. The van der Waals surface area contributed by atoms with Gasteiger partial charge in [0.1, 0.15) is 5.60 Å². The van der Waals surface area contributed by atoms with Crippen molar-refractivity contribution in [3.8, 4) is 0 Å². The Morgan fingerprint density at radius 3 is 1.92 bits per heavy atom. The van der Waals surface area contributed by atoms with E-state index in [9.17, 15) is 0 Å². The molecule has 0 aromatic rings. The molecule has 70 valence electrons. The van der Waals surface area contributed by atoms with Crippen LogP contribution in [0.1, 0.15) is 20.8 Å². The predicted molar refractivity (Wildman–Crippen MR) is 43.8 cm³/mol. The first kappa shape index (κ1) is 8.48. The van der Waals surface area contributed by atoms with Gasteiger partial charge in [-0.2, -0.15) is 0 Å². The van der Waals surface area contributed by atoms with Crippen LogP contribution >= 0.6 is 0 Å². The highest BCUT2D eigenvalue weighted by molar-refractivity contribution is 4.94. The van der Waals surface area contributed by atoms with E-state index in [1.807, 2.05) is 0 Å². The molecule has 0 amide bonds. The molecule has 2 aliphatic rings. The molecule has 0 N–H and O–H groups in total. The monoisotopic (exact) mass is 172 g/mol. The molecule has 0 aliphatic carbocycles. The molecule has 2 fully saturated rings. The summed E-state index contributed by atoms with van der Waals surface area (Å²) in [6.45, 7) is 8.52. The molecular formula is C9H16O3. The average molecular weight is 172 g/mol. The minimum atomic E-state index is -0.0766. The van der Waals surface area contributed by atoms with Gasteiger partial charge in [-0.15, -0.1) is 0 Å². The van der Waals surface area contributed by atoms with Crippen molar-refractivity contribution in [2.45, 2.75) is 32.7 Å². The molecule has 2 aliphatic heterocycles. The van der Waals surface area contributed by atoms with Gasteiger partial charge in [0, 0.05) is 5.41 Å². The van der Waals surface area contributed by atoms with Crippen LogP contribution < -0.4 is 0 Å². The van der Waals surface area contributed by atoms with Crippen LogP contribution in [0.15, 0.2) is 0 Å². The van der Waals surface area contributed by atoms with Gasteiger partial charge in [-0.1, -0.05) is 20.8 Å². The number of hydrogen-bond acceptors (Lipinski definition) is 3. The first-order valence-electron chi connectivity index (χ1n) is 4.39. The van der Waals surface area contributed by atoms with E-state index >= 15 is 0 Å². The van der Waals surface area contributed by atoms with Crippen molar-refractivity contribution in [1.29, 1.82) is 0 Å². The highest BCUT2D eigenvalue weighted by Gasteiger charge is 2.50. The molecule has 0 saturated carbocycles. The van der Waals surface area contributed by atoms with Crippen LogP contribution in [0.25, 0.3) is 0 Å². The van der Waals surface area contributed by atoms with Crippen molar-refractivity contribution in [2.75, 3.05) is 19.8 Å². The van der Waals surface area contributed by atoms with Crippen molar-refractivity contribution >= 4 is 0 Å². The van der Waals surface area contributed by atoms with Crippen molar-refractivity contribution in [3.05, 3.63) is 0 Å². The number of ether oxygens (including phenoxy) is 3. The minimum Gasteiger partial charge on any atom is -0.365 e. The summed E-state index contributed by atoms with van der Waals surface area (Å²) in [5.41, 5.74) is -0.00174. The molecule has 3 heteroatoms. The molecule has 12 heavy (non-hydrogen) atoms. The van der Waals surface area contributed by atoms with Crippen molar-refractivity contribution in [3.63, 3.8) is 0 Å². The van der Waals surface area contributed by atoms with Crippen molar-refractivity contribution in [2.24, 2.45) is 5.41 Å². The molecule has 0 radical (unpaired) electrons. The van der Waals surface area contributed by atoms with Gasteiger partial charge in [0.2, 0.25) is 0 Å². The van der Waals surface area contributed by atoms with Gasteiger partial charge in [-0.25, -0.2) is 0 Å². The summed E-state index contributed by atoms with van der Waals surface area (Å²) < 4.78 is 16.4. The van der Waals surface area contributed by atoms with Gasteiger partial charge in [0.25, 0.3) is 0 Å². The maximum atomic E-state index is 5.57. The Labute approximate surface area is 73.0 Å². The van der Waals surface area contributed by atoms with E-state index in [2.05, 4.69) is 20.8 Å². The molecule has 0 aromatic carbocycles. The van der Waals surface area contributed by atoms with Crippen LogP contribution in [0, 0.1) is 5.41 Å². The Balaban J connectivity index is 1.90. The second kappa shape index (κ2) is 2.44. The van der Waals surface area contributed by atoms with Crippen molar-refractivity contribution < 1.29 is 14.2 Å². The fourth-order valence-electron chi connectivity index (χ4n) is 1.31. The molecule has 0 atom stereocenters. The highest BCUT2D eigenvalue weighted by Crippen LogP contribution is 2.36. The lowest BCUT2D eigenvalue weighted by Crippen LogP contribution is -2.44. The standard InChI is InChI=1S/C9H16O3/c1-8(2,3)7-10-4-9(5-11-7)6-12-9/h7H,4-6H2,1-3H3. The molecule has 0 unspecified atom stereocenters. The zero-order valence-electron chi connectivity index (χ0n) is 7.92. The van der Waals surface area contributed by atoms with Crippen LogP contribution in [0.3, 0.4) is 0 Å². The van der Waals surface area contributed by atoms with E-state index in [-0.39, 0.29) is 17.3 Å². The van der Waals surface area contributed by atoms with Gasteiger partial charge in [-0.3, -0.25) is 0 Å². The Morgan fingerprint density at radius 1 is 1.08 bits per heavy atom. The van der Waals surface area contributed by atoms with Crippen LogP contribution in [0.5, 0.6) is 0 Å². The fraction of sp³-hybridized carbons (Fsp3) is 1.00. The highest BCUT2D eigenvalue weighted by atomic mass is 16.7. The predicted octanol–water partition coefficient (Wildman–Crippen LogP) is 1.17. The quantitative estimate of drug-likeness (QED) is 0.514. The normalized spacial score (nSPS) is 41.8. The molecule has 0 aromatic heterocycles. The molecule has 1 spiro atoms. The average Bonchev–Trinajstić information content (AvgIpc) is 2.68. The molecule has 3 nitrogen and oxygen atoms in total. The first-order chi connectivity index (χ1) is 5.52. The van der Waals surface area contributed by atoms with E-state index in [1.54, 1.807) is 0 Å². The second-order valence-corrected chi connectivity index (χ2v) is 4.79. The number of rotatable bonds is 0. The molecule has 2 saturated heterocycles. The summed E-state index contributed by atoms with van der Waals surface area (Å²) in [4.78, 5) is 0. The Kier molecular flexibility index (Phi) is 1.72. The maximum absolute atomic E-state index is 5.57. The lowest BCUT2D eigenvalue weighted by molar-refractivity contribution is -0.245. The molecular weight excluding hydrogens is 156 g/mol. The third kappa shape index (κ3) is 1.49. The van der Waals surface area contributed by atoms with Gasteiger partial charge >= 0.3 is 0 Å². The van der Waals surface area contributed by atoms with Gasteiger partial charge in [0.15, 0.2) is 6.29 Å². The van der Waals surface area contributed by atoms with Gasteiger partial charge in [0.05, 0.1) is 19.8 Å². The summed E-state index contributed by atoms with van der Waals surface area (Å²) in [6, 6.07) is 0. The third-order valence-corrected chi connectivity index (χ3v) is 2.26. The zero-order chi connectivity index (χ0) is 8.82. The largest absolute Gasteiger partial charge is 0.365 e. The van der Waals surface area contributed by atoms with E-state index in [0.717, 1.165) is 6.61 Å².